The van der Waals surface area contributed by atoms with Crippen LogP contribution in [-0.4, -0.2) is 49.3 Å². The third kappa shape index (κ3) is 2.86. The van der Waals surface area contributed by atoms with Gasteiger partial charge in [0.05, 0.1) is 31.3 Å². The summed E-state index contributed by atoms with van der Waals surface area (Å²) in [5.41, 5.74) is 1.12. The van der Waals surface area contributed by atoms with Gasteiger partial charge in [0.1, 0.15) is 11.7 Å². The molecule has 1 atom stereocenters. The van der Waals surface area contributed by atoms with Gasteiger partial charge in [-0.15, -0.1) is 0 Å². The average Bonchev–Trinajstić information content (AvgIpc) is 3.34. The van der Waals surface area contributed by atoms with E-state index in [-0.39, 0.29) is 17.5 Å². The van der Waals surface area contributed by atoms with E-state index in [0.29, 0.717) is 25.6 Å². The summed E-state index contributed by atoms with van der Waals surface area (Å²) < 4.78 is 1.85. The van der Waals surface area contributed by atoms with Crippen LogP contribution >= 0.6 is 0 Å². The van der Waals surface area contributed by atoms with E-state index in [9.17, 15) is 9.59 Å². The molecule has 3 heterocycles. The summed E-state index contributed by atoms with van der Waals surface area (Å²) in [5.74, 6) is 0.311. The van der Waals surface area contributed by atoms with E-state index in [1.165, 1.54) is 31.4 Å². The summed E-state index contributed by atoms with van der Waals surface area (Å²) in [6.45, 7) is 1.41. The van der Waals surface area contributed by atoms with Crippen molar-refractivity contribution < 1.29 is 9.59 Å². The summed E-state index contributed by atoms with van der Waals surface area (Å²) >= 11 is 0. The Balaban J connectivity index is 1.54. The van der Waals surface area contributed by atoms with Crippen LogP contribution < -0.4 is 5.32 Å². The second kappa shape index (κ2) is 6.03. The molecule has 1 saturated carbocycles. The number of aromatic nitrogens is 4. The van der Waals surface area contributed by atoms with Gasteiger partial charge in [-0.2, -0.15) is 0 Å². The second-order valence-corrected chi connectivity index (χ2v) is 6.27. The number of carbonyl (C=O) groups excluding carboxylic acids is 2. The van der Waals surface area contributed by atoms with Crippen LogP contribution in [0, 0.1) is 5.92 Å². The number of nitrogens with one attached hydrogen (secondary N) is 1. The first-order valence-corrected chi connectivity index (χ1v) is 8.06. The molecule has 1 fully saturated rings. The number of rotatable bonds is 4. The SMILES string of the molecule is O=C(NCC1CC1)[C@@H]1CN(C(=O)c2cnccn2)Cc2cncn21. The van der Waals surface area contributed by atoms with E-state index in [0.717, 1.165) is 5.69 Å². The maximum Gasteiger partial charge on any atom is 0.274 e. The molecule has 8 heteroatoms. The van der Waals surface area contributed by atoms with Gasteiger partial charge in [0.25, 0.3) is 5.91 Å². The van der Waals surface area contributed by atoms with E-state index in [2.05, 4.69) is 20.3 Å². The molecule has 2 aromatic heterocycles. The number of carbonyl (C=O) groups is 2. The van der Waals surface area contributed by atoms with Crippen molar-refractivity contribution in [1.82, 2.24) is 29.7 Å². The van der Waals surface area contributed by atoms with Crippen molar-refractivity contribution in [2.24, 2.45) is 5.92 Å². The lowest BCUT2D eigenvalue weighted by Gasteiger charge is -2.33. The van der Waals surface area contributed by atoms with E-state index in [1.807, 2.05) is 4.57 Å². The van der Waals surface area contributed by atoms with Crippen molar-refractivity contribution in [2.75, 3.05) is 13.1 Å². The predicted molar refractivity (Wildman–Crippen MR) is 83.8 cm³/mol. The molecule has 0 aromatic carbocycles. The maximum absolute atomic E-state index is 12.6. The van der Waals surface area contributed by atoms with Gasteiger partial charge >= 0.3 is 0 Å². The number of amides is 2. The van der Waals surface area contributed by atoms with Crippen molar-refractivity contribution in [3.63, 3.8) is 0 Å². The number of imidazole rings is 1. The molecule has 1 aliphatic carbocycles. The molecule has 2 amide bonds. The largest absolute Gasteiger partial charge is 0.354 e. The Bertz CT molecular complexity index is 755. The minimum absolute atomic E-state index is 0.0715. The zero-order chi connectivity index (χ0) is 16.5. The first-order chi connectivity index (χ1) is 11.7. The molecule has 2 aliphatic rings. The molecule has 0 unspecified atom stereocenters. The first-order valence-electron chi connectivity index (χ1n) is 8.06. The molecule has 8 nitrogen and oxygen atoms in total. The Morgan fingerprint density at radius 1 is 1.21 bits per heavy atom. The molecule has 0 saturated heterocycles. The first kappa shape index (κ1) is 14.8. The molecule has 1 aliphatic heterocycles. The van der Waals surface area contributed by atoms with Gasteiger partial charge in [-0.1, -0.05) is 0 Å². The minimum atomic E-state index is -0.462. The van der Waals surface area contributed by atoms with E-state index < -0.39 is 6.04 Å². The number of hydrogen-bond acceptors (Lipinski definition) is 5. The van der Waals surface area contributed by atoms with Gasteiger partial charge in [-0.3, -0.25) is 14.6 Å². The lowest BCUT2D eigenvalue weighted by Crippen LogP contribution is -2.47. The monoisotopic (exact) mass is 326 g/mol. The summed E-state index contributed by atoms with van der Waals surface area (Å²) in [5, 5.41) is 2.99. The zero-order valence-corrected chi connectivity index (χ0v) is 13.1. The molecule has 24 heavy (non-hydrogen) atoms. The quantitative estimate of drug-likeness (QED) is 0.878. The normalized spacial score (nSPS) is 19.7. The standard InChI is InChI=1S/C16H18N6O2/c23-15(20-5-11-1-2-11)14-9-21(8-12-6-18-10-22(12)14)16(24)13-7-17-3-4-19-13/h3-4,6-7,10-11,14H,1-2,5,8-9H2,(H,20,23)/t14-/m0/s1. The molecule has 1 N–H and O–H groups in total. The van der Waals surface area contributed by atoms with Crippen LogP contribution in [-0.2, 0) is 11.3 Å². The highest BCUT2D eigenvalue weighted by atomic mass is 16.2. The van der Waals surface area contributed by atoms with Gasteiger partial charge in [0.2, 0.25) is 5.91 Å². The Hall–Kier alpha value is -2.77. The zero-order valence-electron chi connectivity index (χ0n) is 13.1. The van der Waals surface area contributed by atoms with Gasteiger partial charge in [0, 0.05) is 25.1 Å². The van der Waals surface area contributed by atoms with Crippen LogP contribution in [0.15, 0.2) is 31.1 Å². The lowest BCUT2D eigenvalue weighted by atomic mass is 10.1. The summed E-state index contributed by atoms with van der Waals surface area (Å²) in [7, 11) is 0. The third-order valence-electron chi connectivity index (χ3n) is 4.46. The molecule has 124 valence electrons. The average molecular weight is 326 g/mol. The van der Waals surface area contributed by atoms with Crippen LogP contribution in [0.25, 0.3) is 0 Å². The predicted octanol–water partition coefficient (Wildman–Crippen LogP) is 0.396. The summed E-state index contributed by atoms with van der Waals surface area (Å²) in [6, 6.07) is -0.462. The van der Waals surface area contributed by atoms with Crippen molar-refractivity contribution in [1.29, 1.82) is 0 Å². The minimum Gasteiger partial charge on any atom is -0.354 e. The van der Waals surface area contributed by atoms with Crippen LogP contribution in [0.4, 0.5) is 0 Å². The summed E-state index contributed by atoms with van der Waals surface area (Å²) in [4.78, 5) is 39.0. The van der Waals surface area contributed by atoms with E-state index in [4.69, 9.17) is 0 Å². The molecule has 0 radical (unpaired) electrons. The maximum atomic E-state index is 12.6. The van der Waals surface area contributed by atoms with Crippen LogP contribution in [0.1, 0.15) is 35.1 Å². The molecule has 2 aromatic rings. The fourth-order valence-corrected chi connectivity index (χ4v) is 2.91. The third-order valence-corrected chi connectivity index (χ3v) is 4.46. The molecule has 0 spiro atoms. The van der Waals surface area contributed by atoms with E-state index in [1.54, 1.807) is 17.4 Å². The van der Waals surface area contributed by atoms with Crippen LogP contribution in [0.2, 0.25) is 0 Å². The molecular formula is C16H18N6O2. The fourth-order valence-electron chi connectivity index (χ4n) is 2.91. The van der Waals surface area contributed by atoms with Gasteiger partial charge in [-0.05, 0) is 18.8 Å². The van der Waals surface area contributed by atoms with Crippen molar-refractivity contribution in [2.45, 2.75) is 25.4 Å². The highest BCUT2D eigenvalue weighted by Crippen LogP contribution is 2.28. The second-order valence-electron chi connectivity index (χ2n) is 6.27. The highest BCUT2D eigenvalue weighted by Gasteiger charge is 2.34. The van der Waals surface area contributed by atoms with E-state index >= 15 is 0 Å². The van der Waals surface area contributed by atoms with Crippen LogP contribution in [0.5, 0.6) is 0 Å². The smallest absolute Gasteiger partial charge is 0.274 e. The van der Waals surface area contributed by atoms with Crippen molar-refractivity contribution >= 4 is 11.8 Å². The van der Waals surface area contributed by atoms with Crippen molar-refractivity contribution in [3.8, 4) is 0 Å². The number of hydrogen-bond donors (Lipinski definition) is 1. The van der Waals surface area contributed by atoms with Gasteiger partial charge in [0.15, 0.2) is 0 Å². The molecular weight excluding hydrogens is 308 g/mol. The lowest BCUT2D eigenvalue weighted by molar-refractivity contribution is -0.125. The van der Waals surface area contributed by atoms with Gasteiger partial charge in [-0.25, -0.2) is 9.97 Å². The Morgan fingerprint density at radius 3 is 2.83 bits per heavy atom. The Morgan fingerprint density at radius 2 is 2.08 bits per heavy atom. The number of nitrogens with zero attached hydrogens (tertiary/aromatic N) is 5. The molecule has 0 bridgehead atoms. The Labute approximate surface area is 138 Å². The highest BCUT2D eigenvalue weighted by molar-refractivity contribution is 5.92. The Kier molecular flexibility index (Phi) is 3.72. The fraction of sp³-hybridized carbons (Fsp3) is 0.438. The molecule has 4 rings (SSSR count). The summed E-state index contributed by atoms with van der Waals surface area (Å²) in [6.07, 6.45) is 10.2. The number of fused-ring (bicyclic) bond motifs is 1. The van der Waals surface area contributed by atoms with Crippen LogP contribution in [0.3, 0.4) is 0 Å². The van der Waals surface area contributed by atoms with Gasteiger partial charge < -0.3 is 14.8 Å². The van der Waals surface area contributed by atoms with Crippen molar-refractivity contribution in [3.05, 3.63) is 42.5 Å². The topological polar surface area (TPSA) is 93.0 Å².